The molecular formula is C24H28FN3O3. The summed E-state index contributed by atoms with van der Waals surface area (Å²) in [5, 5.41) is 2.86. The molecule has 0 bridgehead atoms. The fourth-order valence-corrected chi connectivity index (χ4v) is 5.08. The van der Waals surface area contributed by atoms with Gasteiger partial charge in [0.05, 0.1) is 6.54 Å². The number of hydrogen-bond acceptors (Lipinski definition) is 3. The van der Waals surface area contributed by atoms with Crippen molar-refractivity contribution in [3.63, 3.8) is 0 Å². The van der Waals surface area contributed by atoms with Crippen LogP contribution in [0.5, 0.6) is 0 Å². The Morgan fingerprint density at radius 1 is 1.13 bits per heavy atom. The van der Waals surface area contributed by atoms with E-state index in [9.17, 15) is 18.8 Å². The van der Waals surface area contributed by atoms with Gasteiger partial charge in [0.25, 0.3) is 5.91 Å². The summed E-state index contributed by atoms with van der Waals surface area (Å²) in [6.45, 7) is 5.16. The van der Waals surface area contributed by atoms with Crippen LogP contribution in [0.3, 0.4) is 0 Å². The Kier molecular flexibility index (Phi) is 5.45. The summed E-state index contributed by atoms with van der Waals surface area (Å²) in [6.07, 6.45) is 5.07. The topological polar surface area (TPSA) is 71.4 Å². The standard InChI is InChI=1S/C24H28FN3O3/c1-15-13-20(16(2)28(15)19-11-9-18(25)10-12-19)21(29)14-27-22(30)24(3,26-23(27)31)17-7-5-4-6-8-17/h9-13,17H,4-8,14H2,1-3H3,(H,26,31)/t24-/m1/s1. The van der Waals surface area contributed by atoms with E-state index in [2.05, 4.69) is 5.32 Å². The number of ketones is 1. The first-order chi connectivity index (χ1) is 14.7. The fraction of sp³-hybridized carbons (Fsp3) is 0.458. The Balaban J connectivity index is 1.56. The minimum Gasteiger partial charge on any atom is -0.323 e. The summed E-state index contributed by atoms with van der Waals surface area (Å²) < 4.78 is 15.2. The monoisotopic (exact) mass is 425 g/mol. The van der Waals surface area contributed by atoms with Crippen LogP contribution in [0.4, 0.5) is 9.18 Å². The van der Waals surface area contributed by atoms with E-state index >= 15 is 0 Å². The van der Waals surface area contributed by atoms with Gasteiger partial charge in [-0.2, -0.15) is 0 Å². The van der Waals surface area contributed by atoms with Crippen LogP contribution >= 0.6 is 0 Å². The molecule has 1 atom stereocenters. The van der Waals surface area contributed by atoms with E-state index in [1.54, 1.807) is 25.1 Å². The highest BCUT2D eigenvalue weighted by atomic mass is 19.1. The van der Waals surface area contributed by atoms with Gasteiger partial charge >= 0.3 is 6.03 Å². The molecule has 0 spiro atoms. The number of aryl methyl sites for hydroxylation is 1. The van der Waals surface area contributed by atoms with E-state index in [1.807, 2.05) is 18.4 Å². The highest BCUT2D eigenvalue weighted by Crippen LogP contribution is 2.36. The molecule has 1 saturated carbocycles. The number of nitrogens with one attached hydrogen (secondary N) is 1. The largest absolute Gasteiger partial charge is 0.325 e. The van der Waals surface area contributed by atoms with Crippen LogP contribution in [0.25, 0.3) is 5.69 Å². The van der Waals surface area contributed by atoms with Gasteiger partial charge in [-0.15, -0.1) is 0 Å². The first-order valence-electron chi connectivity index (χ1n) is 10.8. The van der Waals surface area contributed by atoms with Crippen molar-refractivity contribution in [2.75, 3.05) is 6.54 Å². The highest BCUT2D eigenvalue weighted by molar-refractivity contribution is 6.11. The second kappa shape index (κ2) is 7.94. The van der Waals surface area contributed by atoms with Gasteiger partial charge in [-0.1, -0.05) is 19.3 Å². The molecule has 1 aliphatic heterocycles. The molecule has 3 amide bonds. The summed E-state index contributed by atoms with van der Waals surface area (Å²) in [4.78, 5) is 39.9. The molecule has 4 rings (SSSR count). The lowest BCUT2D eigenvalue weighted by Gasteiger charge is -2.34. The van der Waals surface area contributed by atoms with E-state index in [-0.39, 0.29) is 30.0 Å². The Bertz CT molecular complexity index is 1040. The molecule has 0 radical (unpaired) electrons. The van der Waals surface area contributed by atoms with Gasteiger partial charge in [0.1, 0.15) is 11.4 Å². The van der Waals surface area contributed by atoms with Gasteiger partial charge in [-0.05, 0) is 69.9 Å². The molecule has 1 N–H and O–H groups in total. The molecule has 2 heterocycles. The smallest absolute Gasteiger partial charge is 0.323 e. The van der Waals surface area contributed by atoms with E-state index in [0.29, 0.717) is 11.3 Å². The second-order valence-electron chi connectivity index (χ2n) is 8.88. The average molecular weight is 426 g/mol. The van der Waals surface area contributed by atoms with Crippen molar-refractivity contribution in [3.8, 4) is 5.69 Å². The highest BCUT2D eigenvalue weighted by Gasteiger charge is 2.52. The minimum absolute atomic E-state index is 0.0985. The maximum Gasteiger partial charge on any atom is 0.325 e. The first-order valence-corrected chi connectivity index (χ1v) is 10.8. The maximum atomic E-state index is 13.3. The van der Waals surface area contributed by atoms with Crippen LogP contribution in [-0.4, -0.2) is 39.3 Å². The molecule has 2 aliphatic rings. The molecule has 7 heteroatoms. The number of nitrogens with zero attached hydrogens (tertiary/aromatic N) is 2. The lowest BCUT2D eigenvalue weighted by atomic mass is 9.75. The van der Waals surface area contributed by atoms with E-state index < -0.39 is 11.6 Å². The minimum atomic E-state index is -0.942. The van der Waals surface area contributed by atoms with Crippen LogP contribution in [0.15, 0.2) is 30.3 Å². The van der Waals surface area contributed by atoms with Crippen LogP contribution in [-0.2, 0) is 4.79 Å². The van der Waals surface area contributed by atoms with Gasteiger partial charge in [0.15, 0.2) is 5.78 Å². The van der Waals surface area contributed by atoms with Gasteiger partial charge in [0, 0.05) is 22.6 Å². The number of hydrogen-bond donors (Lipinski definition) is 1. The van der Waals surface area contributed by atoms with Crippen molar-refractivity contribution >= 4 is 17.7 Å². The number of halogens is 1. The number of rotatable bonds is 5. The molecule has 2 fully saturated rings. The van der Waals surface area contributed by atoms with Crippen LogP contribution in [0, 0.1) is 25.6 Å². The molecule has 1 aliphatic carbocycles. The molecule has 31 heavy (non-hydrogen) atoms. The predicted molar refractivity (Wildman–Crippen MR) is 115 cm³/mol. The third kappa shape index (κ3) is 3.66. The fourth-order valence-electron chi connectivity index (χ4n) is 5.08. The number of benzene rings is 1. The Hall–Kier alpha value is -2.96. The van der Waals surface area contributed by atoms with Crippen molar-refractivity contribution in [2.24, 2.45) is 5.92 Å². The SMILES string of the molecule is Cc1cc(C(=O)CN2C(=O)N[C@](C)(C3CCCCC3)C2=O)c(C)n1-c1ccc(F)cc1. The van der Waals surface area contributed by atoms with Crippen LogP contribution in [0.1, 0.15) is 60.8 Å². The number of amides is 3. The molecular weight excluding hydrogens is 397 g/mol. The zero-order chi connectivity index (χ0) is 22.3. The van der Waals surface area contributed by atoms with Crippen LogP contribution < -0.4 is 5.32 Å². The van der Waals surface area contributed by atoms with E-state index in [4.69, 9.17) is 0 Å². The Morgan fingerprint density at radius 3 is 2.42 bits per heavy atom. The molecule has 0 unspecified atom stereocenters. The second-order valence-corrected chi connectivity index (χ2v) is 8.88. The lowest BCUT2D eigenvalue weighted by Crippen LogP contribution is -2.51. The zero-order valence-corrected chi connectivity index (χ0v) is 18.2. The molecule has 164 valence electrons. The number of carbonyl (C=O) groups is 3. The summed E-state index contributed by atoms with van der Waals surface area (Å²) in [5.41, 5.74) is 1.76. The van der Waals surface area contributed by atoms with E-state index in [1.165, 1.54) is 12.1 Å². The number of urea groups is 1. The number of Topliss-reactive ketones (excluding diaryl/α,β-unsaturated/α-hetero) is 1. The molecule has 1 aromatic heterocycles. The van der Waals surface area contributed by atoms with Gasteiger partial charge in [-0.25, -0.2) is 9.18 Å². The summed E-state index contributed by atoms with van der Waals surface area (Å²) in [7, 11) is 0. The molecule has 2 aromatic rings. The van der Waals surface area contributed by atoms with Crippen molar-refractivity contribution in [2.45, 2.75) is 58.4 Å². The maximum absolute atomic E-state index is 13.3. The van der Waals surface area contributed by atoms with Gasteiger partial charge in [0.2, 0.25) is 0 Å². The summed E-state index contributed by atoms with van der Waals surface area (Å²) in [6, 6.07) is 7.29. The summed E-state index contributed by atoms with van der Waals surface area (Å²) in [5.74, 6) is -0.841. The normalized spacial score (nSPS) is 22.1. The number of aromatic nitrogens is 1. The number of carbonyl (C=O) groups excluding carboxylic acids is 3. The van der Waals surface area contributed by atoms with Gasteiger partial charge < -0.3 is 9.88 Å². The van der Waals surface area contributed by atoms with Gasteiger partial charge in [-0.3, -0.25) is 14.5 Å². The first kappa shape index (κ1) is 21.3. The summed E-state index contributed by atoms with van der Waals surface area (Å²) >= 11 is 0. The van der Waals surface area contributed by atoms with Crippen molar-refractivity contribution in [3.05, 3.63) is 53.1 Å². The zero-order valence-electron chi connectivity index (χ0n) is 18.2. The quantitative estimate of drug-likeness (QED) is 0.573. The molecule has 6 nitrogen and oxygen atoms in total. The predicted octanol–water partition coefficient (Wildman–Crippen LogP) is 4.31. The Morgan fingerprint density at radius 2 is 1.77 bits per heavy atom. The van der Waals surface area contributed by atoms with E-state index in [0.717, 1.165) is 48.4 Å². The Labute approximate surface area is 181 Å². The number of imide groups is 1. The third-order valence-electron chi connectivity index (χ3n) is 6.84. The van der Waals surface area contributed by atoms with Crippen molar-refractivity contribution in [1.82, 2.24) is 14.8 Å². The van der Waals surface area contributed by atoms with Crippen LogP contribution in [0.2, 0.25) is 0 Å². The molecule has 1 aromatic carbocycles. The third-order valence-corrected chi connectivity index (χ3v) is 6.84. The average Bonchev–Trinajstić information content (AvgIpc) is 3.17. The van der Waals surface area contributed by atoms with Crippen molar-refractivity contribution in [1.29, 1.82) is 0 Å². The van der Waals surface area contributed by atoms with Crippen molar-refractivity contribution < 1.29 is 18.8 Å². The molecule has 1 saturated heterocycles. The lowest BCUT2D eigenvalue weighted by molar-refractivity contribution is -0.132.